The fourth-order valence-electron chi connectivity index (χ4n) is 2.27. The molecule has 0 aliphatic carbocycles. The Morgan fingerprint density at radius 1 is 1.19 bits per heavy atom. The van der Waals surface area contributed by atoms with Crippen LogP contribution in [0.4, 0.5) is 5.69 Å². The summed E-state index contributed by atoms with van der Waals surface area (Å²) >= 11 is 0. The molecule has 0 fully saturated rings. The fraction of sp³-hybridized carbons (Fsp3) is 0.333. The van der Waals surface area contributed by atoms with Gasteiger partial charge in [-0.1, -0.05) is 25.8 Å². The summed E-state index contributed by atoms with van der Waals surface area (Å²) in [7, 11) is -3.39. The molecule has 1 aromatic carbocycles. The fourth-order valence-corrected chi connectivity index (χ4v) is 2.82. The van der Waals surface area contributed by atoms with Gasteiger partial charge in [-0.3, -0.25) is 9.52 Å². The molecule has 0 atom stereocenters. The molecule has 1 aromatic heterocycles. The van der Waals surface area contributed by atoms with Crippen molar-refractivity contribution >= 4 is 21.6 Å². The first-order valence-electron chi connectivity index (χ1n) is 8.38. The first-order valence-corrected chi connectivity index (χ1v) is 10.3. The molecule has 0 bridgehead atoms. The van der Waals surface area contributed by atoms with Gasteiger partial charge in [0.2, 0.25) is 15.9 Å². The number of nitrogens with zero attached hydrogens (tertiary/aromatic N) is 1. The Morgan fingerprint density at radius 2 is 2.00 bits per heavy atom. The molecule has 2 aromatic rings. The van der Waals surface area contributed by atoms with Crippen LogP contribution in [0.5, 0.6) is 11.6 Å². The van der Waals surface area contributed by atoms with Gasteiger partial charge in [-0.25, -0.2) is 13.4 Å². The largest absolute Gasteiger partial charge is 0.438 e. The molecule has 26 heavy (non-hydrogen) atoms. The van der Waals surface area contributed by atoms with E-state index in [1.165, 1.54) is 12.3 Å². The van der Waals surface area contributed by atoms with E-state index >= 15 is 0 Å². The summed E-state index contributed by atoms with van der Waals surface area (Å²) in [4.78, 5) is 16.5. The van der Waals surface area contributed by atoms with Crippen molar-refractivity contribution in [1.82, 2.24) is 10.3 Å². The van der Waals surface area contributed by atoms with Crippen LogP contribution in [-0.2, 0) is 10.0 Å². The Labute approximate surface area is 153 Å². The van der Waals surface area contributed by atoms with E-state index in [1.54, 1.807) is 30.3 Å². The standard InChI is InChI=1S/C18H23N3O4S/c1-3-4-5-11-19-17(22)16-10-7-12-20-18(16)25-15-9-6-8-14(13-15)21-26(2,23)24/h6-10,12-13,21H,3-5,11H2,1-2H3,(H,19,22). The third-order valence-electron chi connectivity index (χ3n) is 3.43. The highest BCUT2D eigenvalue weighted by Crippen LogP contribution is 2.25. The van der Waals surface area contributed by atoms with Gasteiger partial charge in [-0.05, 0) is 30.7 Å². The number of pyridine rings is 1. The van der Waals surface area contributed by atoms with E-state index in [-0.39, 0.29) is 11.8 Å². The molecule has 1 heterocycles. The summed E-state index contributed by atoms with van der Waals surface area (Å²) in [6.45, 7) is 2.69. The highest BCUT2D eigenvalue weighted by molar-refractivity contribution is 7.92. The maximum Gasteiger partial charge on any atom is 0.256 e. The lowest BCUT2D eigenvalue weighted by Gasteiger charge is -2.11. The normalized spacial score (nSPS) is 11.0. The number of carbonyl (C=O) groups excluding carboxylic acids is 1. The molecule has 8 heteroatoms. The third-order valence-corrected chi connectivity index (χ3v) is 4.04. The third kappa shape index (κ3) is 6.36. The molecule has 2 rings (SSSR count). The minimum absolute atomic E-state index is 0.164. The first-order chi connectivity index (χ1) is 12.4. The maximum atomic E-state index is 12.4. The molecule has 0 saturated carbocycles. The van der Waals surface area contributed by atoms with E-state index in [9.17, 15) is 13.2 Å². The van der Waals surface area contributed by atoms with Crippen LogP contribution in [0.15, 0.2) is 42.6 Å². The van der Waals surface area contributed by atoms with Gasteiger partial charge >= 0.3 is 0 Å². The second-order valence-corrected chi connectivity index (χ2v) is 7.57. The van der Waals surface area contributed by atoms with Gasteiger partial charge < -0.3 is 10.1 Å². The monoisotopic (exact) mass is 377 g/mol. The number of ether oxygens (including phenoxy) is 1. The molecule has 0 saturated heterocycles. The predicted octanol–water partition coefficient (Wildman–Crippen LogP) is 3.17. The van der Waals surface area contributed by atoms with Crippen LogP contribution in [-0.4, -0.2) is 32.1 Å². The summed E-state index contributed by atoms with van der Waals surface area (Å²) in [5.74, 6) is 0.281. The van der Waals surface area contributed by atoms with Crippen LogP contribution in [0.3, 0.4) is 0 Å². The molecule has 1 amide bonds. The summed E-state index contributed by atoms with van der Waals surface area (Å²) in [6.07, 6.45) is 5.64. The molecular weight excluding hydrogens is 354 g/mol. The molecule has 2 N–H and O–H groups in total. The summed E-state index contributed by atoms with van der Waals surface area (Å²) in [5.41, 5.74) is 0.692. The average molecular weight is 377 g/mol. The van der Waals surface area contributed by atoms with Crippen LogP contribution in [0.2, 0.25) is 0 Å². The SMILES string of the molecule is CCCCCNC(=O)c1cccnc1Oc1cccc(NS(C)(=O)=O)c1. The lowest BCUT2D eigenvalue weighted by Crippen LogP contribution is -2.25. The van der Waals surface area contributed by atoms with E-state index in [0.717, 1.165) is 25.5 Å². The minimum atomic E-state index is -3.39. The Hall–Kier alpha value is -2.61. The number of nitrogens with one attached hydrogen (secondary N) is 2. The Bertz CT molecular complexity index is 853. The van der Waals surface area contributed by atoms with Crippen molar-refractivity contribution in [1.29, 1.82) is 0 Å². The number of hydrogen-bond acceptors (Lipinski definition) is 5. The van der Waals surface area contributed by atoms with Crippen LogP contribution in [0, 0.1) is 0 Å². The van der Waals surface area contributed by atoms with Crippen LogP contribution in [0.25, 0.3) is 0 Å². The van der Waals surface area contributed by atoms with Gasteiger partial charge in [0.15, 0.2) is 0 Å². The van der Waals surface area contributed by atoms with Gasteiger partial charge in [0.25, 0.3) is 5.91 Å². The quantitative estimate of drug-likeness (QED) is 0.654. The lowest BCUT2D eigenvalue weighted by molar-refractivity contribution is 0.0950. The first kappa shape index (κ1) is 19.7. The number of hydrogen-bond donors (Lipinski definition) is 2. The van der Waals surface area contributed by atoms with Crippen molar-refractivity contribution in [3.8, 4) is 11.6 Å². The molecule has 0 spiro atoms. The average Bonchev–Trinajstić information content (AvgIpc) is 2.58. The van der Waals surface area contributed by atoms with Gasteiger partial charge in [-0.15, -0.1) is 0 Å². The van der Waals surface area contributed by atoms with E-state index in [4.69, 9.17) is 4.74 Å². The van der Waals surface area contributed by atoms with E-state index in [0.29, 0.717) is 23.5 Å². The number of anilines is 1. The molecule has 0 aliphatic rings. The second-order valence-electron chi connectivity index (χ2n) is 5.82. The van der Waals surface area contributed by atoms with E-state index in [1.807, 2.05) is 0 Å². The van der Waals surface area contributed by atoms with Gasteiger partial charge in [0, 0.05) is 18.8 Å². The lowest BCUT2D eigenvalue weighted by atomic mass is 10.2. The van der Waals surface area contributed by atoms with Crippen molar-refractivity contribution in [2.75, 3.05) is 17.5 Å². The number of aromatic nitrogens is 1. The number of sulfonamides is 1. The Kier molecular flexibility index (Phi) is 6.97. The second kappa shape index (κ2) is 9.19. The van der Waals surface area contributed by atoms with Gasteiger partial charge in [0.05, 0.1) is 11.9 Å². The van der Waals surface area contributed by atoms with E-state index in [2.05, 4.69) is 21.9 Å². The zero-order valence-corrected chi connectivity index (χ0v) is 15.7. The number of benzene rings is 1. The van der Waals surface area contributed by atoms with Crippen molar-refractivity contribution in [2.24, 2.45) is 0 Å². The zero-order chi connectivity index (χ0) is 19.0. The van der Waals surface area contributed by atoms with E-state index < -0.39 is 10.0 Å². The number of unbranched alkanes of at least 4 members (excludes halogenated alkanes) is 2. The van der Waals surface area contributed by atoms with Crippen molar-refractivity contribution in [3.05, 3.63) is 48.2 Å². The topological polar surface area (TPSA) is 97.4 Å². The van der Waals surface area contributed by atoms with Crippen LogP contribution in [0.1, 0.15) is 36.5 Å². The molecule has 0 radical (unpaired) electrons. The van der Waals surface area contributed by atoms with Crippen molar-refractivity contribution in [3.63, 3.8) is 0 Å². The number of rotatable bonds is 9. The van der Waals surface area contributed by atoms with Gasteiger partial charge in [-0.2, -0.15) is 0 Å². The molecule has 0 aliphatic heterocycles. The smallest absolute Gasteiger partial charge is 0.256 e. The predicted molar refractivity (Wildman–Crippen MR) is 101 cm³/mol. The van der Waals surface area contributed by atoms with Crippen molar-refractivity contribution < 1.29 is 17.9 Å². The van der Waals surface area contributed by atoms with Gasteiger partial charge in [0.1, 0.15) is 11.3 Å². The summed E-state index contributed by atoms with van der Waals surface area (Å²) < 4.78 is 30.8. The number of amides is 1. The summed E-state index contributed by atoms with van der Waals surface area (Å²) in [5, 5.41) is 2.85. The molecular formula is C18H23N3O4S. The Balaban J connectivity index is 2.13. The molecule has 140 valence electrons. The molecule has 0 unspecified atom stereocenters. The number of carbonyl (C=O) groups is 1. The van der Waals surface area contributed by atoms with Crippen LogP contribution >= 0.6 is 0 Å². The van der Waals surface area contributed by atoms with Crippen molar-refractivity contribution in [2.45, 2.75) is 26.2 Å². The molecule has 7 nitrogen and oxygen atoms in total. The zero-order valence-electron chi connectivity index (χ0n) is 14.9. The maximum absolute atomic E-state index is 12.4. The van der Waals surface area contributed by atoms with Crippen LogP contribution < -0.4 is 14.8 Å². The highest BCUT2D eigenvalue weighted by Gasteiger charge is 2.14. The Morgan fingerprint density at radius 3 is 2.73 bits per heavy atom. The summed E-state index contributed by atoms with van der Waals surface area (Å²) in [6, 6.07) is 9.74. The highest BCUT2D eigenvalue weighted by atomic mass is 32.2. The minimum Gasteiger partial charge on any atom is -0.438 e.